The smallest absolute Gasteiger partial charge is 0.411 e. The molecule has 1 amide bonds. The Morgan fingerprint density at radius 2 is 1.95 bits per heavy atom. The van der Waals surface area contributed by atoms with Gasteiger partial charge in [0.1, 0.15) is 6.61 Å². The van der Waals surface area contributed by atoms with Crippen LogP contribution < -0.4 is 10.1 Å². The summed E-state index contributed by atoms with van der Waals surface area (Å²) in [6.07, 6.45) is -0.568. The molecule has 0 aliphatic rings. The second-order valence-electron chi connectivity index (χ2n) is 4.07. The number of rotatable bonds is 4. The molecule has 0 spiro atoms. The molecular weight excluding hydrogens is 258 g/mol. The van der Waals surface area contributed by atoms with Gasteiger partial charge in [0.15, 0.2) is 11.5 Å². The van der Waals surface area contributed by atoms with Crippen LogP contribution in [0.4, 0.5) is 10.5 Å². The van der Waals surface area contributed by atoms with Crippen molar-refractivity contribution < 1.29 is 19.4 Å². The van der Waals surface area contributed by atoms with Crippen LogP contribution in [0.3, 0.4) is 0 Å². The van der Waals surface area contributed by atoms with Crippen molar-refractivity contribution in [2.75, 3.05) is 12.4 Å². The van der Waals surface area contributed by atoms with Gasteiger partial charge >= 0.3 is 6.09 Å². The minimum Gasteiger partial charge on any atom is -0.504 e. The number of phenols is 1. The van der Waals surface area contributed by atoms with Crippen molar-refractivity contribution in [3.63, 3.8) is 0 Å². The van der Waals surface area contributed by atoms with Crippen LogP contribution in [-0.2, 0) is 11.3 Å². The van der Waals surface area contributed by atoms with Crippen LogP contribution in [0.1, 0.15) is 5.56 Å². The zero-order valence-corrected chi connectivity index (χ0v) is 11.0. The van der Waals surface area contributed by atoms with E-state index in [0.717, 1.165) is 5.56 Å². The van der Waals surface area contributed by atoms with E-state index < -0.39 is 6.09 Å². The van der Waals surface area contributed by atoms with Crippen molar-refractivity contribution in [1.82, 2.24) is 0 Å². The highest BCUT2D eigenvalue weighted by atomic mass is 16.5. The van der Waals surface area contributed by atoms with Gasteiger partial charge in [0, 0.05) is 11.8 Å². The highest BCUT2D eigenvalue weighted by Gasteiger charge is 2.07. The van der Waals surface area contributed by atoms with E-state index in [2.05, 4.69) is 5.32 Å². The predicted octanol–water partition coefficient (Wildman–Crippen LogP) is 3.15. The molecule has 0 saturated heterocycles. The lowest BCUT2D eigenvalue weighted by Gasteiger charge is -2.09. The summed E-state index contributed by atoms with van der Waals surface area (Å²) in [4.78, 5) is 11.6. The third-order valence-corrected chi connectivity index (χ3v) is 2.64. The van der Waals surface area contributed by atoms with E-state index in [1.165, 1.54) is 19.2 Å². The predicted molar refractivity (Wildman–Crippen MR) is 74.9 cm³/mol. The van der Waals surface area contributed by atoms with Crippen LogP contribution in [0.25, 0.3) is 0 Å². The molecule has 2 N–H and O–H groups in total. The Bertz CT molecular complexity index is 584. The van der Waals surface area contributed by atoms with Crippen LogP contribution >= 0.6 is 0 Å². The summed E-state index contributed by atoms with van der Waals surface area (Å²) in [6, 6.07) is 13.9. The number of carbonyl (C=O) groups excluding carboxylic acids is 1. The van der Waals surface area contributed by atoms with Crippen LogP contribution in [0.5, 0.6) is 11.5 Å². The molecule has 0 bridgehead atoms. The van der Waals surface area contributed by atoms with Gasteiger partial charge in [-0.25, -0.2) is 4.79 Å². The van der Waals surface area contributed by atoms with E-state index >= 15 is 0 Å². The minimum atomic E-state index is -0.568. The van der Waals surface area contributed by atoms with Crippen molar-refractivity contribution in [2.45, 2.75) is 6.61 Å². The molecule has 2 aromatic carbocycles. The Morgan fingerprint density at radius 3 is 2.65 bits per heavy atom. The van der Waals surface area contributed by atoms with Gasteiger partial charge in [-0.1, -0.05) is 30.3 Å². The molecule has 2 aromatic rings. The SMILES string of the molecule is COc1cc(NC(=O)OCc2ccccc2)ccc1O. The molecule has 0 saturated carbocycles. The average Bonchev–Trinajstić information content (AvgIpc) is 2.48. The number of carbonyl (C=O) groups is 1. The first-order chi connectivity index (χ1) is 9.69. The second kappa shape index (κ2) is 6.47. The maximum Gasteiger partial charge on any atom is 0.411 e. The Hall–Kier alpha value is -2.69. The van der Waals surface area contributed by atoms with Gasteiger partial charge in [0.2, 0.25) is 0 Å². The molecule has 5 heteroatoms. The van der Waals surface area contributed by atoms with Gasteiger partial charge in [0.05, 0.1) is 7.11 Å². The summed E-state index contributed by atoms with van der Waals surface area (Å²) in [5.41, 5.74) is 1.39. The van der Waals surface area contributed by atoms with E-state index in [-0.39, 0.29) is 18.1 Å². The topological polar surface area (TPSA) is 67.8 Å². The number of amides is 1. The quantitative estimate of drug-likeness (QED) is 0.840. The summed E-state index contributed by atoms with van der Waals surface area (Å²) in [5.74, 6) is 0.293. The molecule has 0 atom stereocenters. The number of methoxy groups -OCH3 is 1. The number of anilines is 1. The molecule has 0 fully saturated rings. The average molecular weight is 273 g/mol. The van der Waals surface area contributed by atoms with E-state index in [4.69, 9.17) is 9.47 Å². The van der Waals surface area contributed by atoms with Gasteiger partial charge in [-0.15, -0.1) is 0 Å². The lowest BCUT2D eigenvalue weighted by molar-refractivity contribution is 0.155. The molecule has 104 valence electrons. The molecule has 0 unspecified atom stereocenters. The normalized spacial score (nSPS) is 9.85. The molecule has 0 aliphatic heterocycles. The molecule has 5 nitrogen and oxygen atoms in total. The van der Waals surface area contributed by atoms with Crippen LogP contribution in [0, 0.1) is 0 Å². The molecule has 20 heavy (non-hydrogen) atoms. The zero-order valence-electron chi connectivity index (χ0n) is 11.0. The molecule has 2 rings (SSSR count). The van der Waals surface area contributed by atoms with Crippen molar-refractivity contribution in [1.29, 1.82) is 0 Å². The third-order valence-electron chi connectivity index (χ3n) is 2.64. The van der Waals surface area contributed by atoms with Gasteiger partial charge in [0.25, 0.3) is 0 Å². The fourth-order valence-corrected chi connectivity index (χ4v) is 1.63. The molecule has 0 radical (unpaired) electrons. The van der Waals surface area contributed by atoms with Gasteiger partial charge in [-0.05, 0) is 17.7 Å². The zero-order chi connectivity index (χ0) is 14.4. The van der Waals surface area contributed by atoms with Crippen molar-refractivity contribution in [3.05, 3.63) is 54.1 Å². The third kappa shape index (κ3) is 3.65. The van der Waals surface area contributed by atoms with Crippen LogP contribution in [0.15, 0.2) is 48.5 Å². The minimum absolute atomic E-state index is 0.00991. The maximum absolute atomic E-state index is 11.6. The number of nitrogens with one attached hydrogen (secondary N) is 1. The summed E-state index contributed by atoms with van der Waals surface area (Å²) in [5, 5.41) is 12.0. The fraction of sp³-hybridized carbons (Fsp3) is 0.133. The number of phenolic OH excluding ortho intramolecular Hbond substituents is 1. The molecule has 0 heterocycles. The number of benzene rings is 2. The Balaban J connectivity index is 1.91. The molecule has 0 aliphatic carbocycles. The van der Waals surface area contributed by atoms with Crippen molar-refractivity contribution in [3.8, 4) is 11.5 Å². The fourth-order valence-electron chi connectivity index (χ4n) is 1.63. The van der Waals surface area contributed by atoms with Crippen molar-refractivity contribution in [2.24, 2.45) is 0 Å². The van der Waals surface area contributed by atoms with Crippen molar-refractivity contribution >= 4 is 11.8 Å². The number of hydrogen-bond acceptors (Lipinski definition) is 4. The lowest BCUT2D eigenvalue weighted by Crippen LogP contribution is -2.13. The van der Waals surface area contributed by atoms with E-state index in [1.807, 2.05) is 30.3 Å². The summed E-state index contributed by atoms with van der Waals surface area (Å²) < 4.78 is 10.0. The molecule has 0 aromatic heterocycles. The highest BCUT2D eigenvalue weighted by Crippen LogP contribution is 2.28. The number of aromatic hydroxyl groups is 1. The largest absolute Gasteiger partial charge is 0.504 e. The monoisotopic (exact) mass is 273 g/mol. The lowest BCUT2D eigenvalue weighted by atomic mass is 10.2. The first kappa shape index (κ1) is 13.7. The Kier molecular flexibility index (Phi) is 4.44. The second-order valence-corrected chi connectivity index (χ2v) is 4.07. The first-order valence-corrected chi connectivity index (χ1v) is 6.04. The van der Waals surface area contributed by atoms with Crippen LogP contribution in [-0.4, -0.2) is 18.3 Å². The standard InChI is InChI=1S/C15H15NO4/c1-19-14-9-12(7-8-13(14)17)16-15(18)20-10-11-5-3-2-4-6-11/h2-9,17H,10H2,1H3,(H,16,18). The molecular formula is C15H15NO4. The Labute approximate surface area is 116 Å². The number of ether oxygens (including phenoxy) is 2. The van der Waals surface area contributed by atoms with Gasteiger partial charge in [-0.2, -0.15) is 0 Å². The van der Waals surface area contributed by atoms with Crippen LogP contribution in [0.2, 0.25) is 0 Å². The maximum atomic E-state index is 11.6. The van der Waals surface area contributed by atoms with E-state index in [9.17, 15) is 9.90 Å². The van der Waals surface area contributed by atoms with Gasteiger partial charge < -0.3 is 14.6 Å². The first-order valence-electron chi connectivity index (χ1n) is 6.04. The van der Waals surface area contributed by atoms with E-state index in [0.29, 0.717) is 5.69 Å². The highest BCUT2D eigenvalue weighted by molar-refractivity contribution is 5.85. The van der Waals surface area contributed by atoms with Gasteiger partial charge in [-0.3, -0.25) is 5.32 Å². The van der Waals surface area contributed by atoms with E-state index in [1.54, 1.807) is 6.07 Å². The number of hydrogen-bond donors (Lipinski definition) is 2. The summed E-state index contributed by atoms with van der Waals surface area (Å²) in [6.45, 7) is 0.196. The summed E-state index contributed by atoms with van der Waals surface area (Å²) >= 11 is 0. The summed E-state index contributed by atoms with van der Waals surface area (Å²) in [7, 11) is 1.44. The Morgan fingerprint density at radius 1 is 1.20 bits per heavy atom.